The molecule has 0 saturated carbocycles. The van der Waals surface area contributed by atoms with E-state index in [0.29, 0.717) is 5.56 Å². The van der Waals surface area contributed by atoms with Crippen LogP contribution < -0.4 is 10.5 Å². The minimum absolute atomic E-state index is 0.0128. The number of benzene rings is 1. The Hall–Kier alpha value is -1.44. The van der Waals surface area contributed by atoms with Crippen LogP contribution in [0.1, 0.15) is 30.1 Å². The molecule has 0 aliphatic carbocycles. The molecule has 110 valence electrons. The number of hydrogen-bond acceptors (Lipinski definition) is 4. The van der Waals surface area contributed by atoms with E-state index >= 15 is 0 Å². The first-order chi connectivity index (χ1) is 9.38. The van der Waals surface area contributed by atoms with E-state index in [0.717, 1.165) is 19.4 Å². The molecule has 2 rings (SSSR count). The van der Waals surface area contributed by atoms with Crippen molar-refractivity contribution in [3.8, 4) is 0 Å². The van der Waals surface area contributed by atoms with Crippen molar-refractivity contribution < 1.29 is 17.9 Å². The fourth-order valence-electron chi connectivity index (χ4n) is 2.18. The highest BCUT2D eigenvalue weighted by Crippen LogP contribution is 2.16. The maximum atomic E-state index is 12.0. The summed E-state index contributed by atoms with van der Waals surface area (Å²) in [7, 11) is -3.73. The summed E-state index contributed by atoms with van der Waals surface area (Å²) in [5.41, 5.74) is 0.391. The van der Waals surface area contributed by atoms with Gasteiger partial charge in [-0.05, 0) is 44.0 Å². The van der Waals surface area contributed by atoms with E-state index in [1.807, 2.05) is 6.92 Å². The monoisotopic (exact) mass is 298 g/mol. The van der Waals surface area contributed by atoms with Gasteiger partial charge in [-0.15, -0.1) is 0 Å². The fourth-order valence-corrected chi connectivity index (χ4v) is 2.69. The van der Waals surface area contributed by atoms with Crippen molar-refractivity contribution in [3.63, 3.8) is 0 Å². The largest absolute Gasteiger partial charge is 0.376 e. The van der Waals surface area contributed by atoms with Gasteiger partial charge in [0.25, 0.3) is 5.91 Å². The summed E-state index contributed by atoms with van der Waals surface area (Å²) >= 11 is 0. The Balaban J connectivity index is 2.02. The van der Waals surface area contributed by atoms with Crippen LogP contribution in [0.4, 0.5) is 0 Å². The van der Waals surface area contributed by atoms with Gasteiger partial charge in [0.2, 0.25) is 10.0 Å². The Labute approximate surface area is 118 Å². The number of primary sulfonamides is 1. The van der Waals surface area contributed by atoms with Gasteiger partial charge >= 0.3 is 0 Å². The zero-order valence-corrected chi connectivity index (χ0v) is 12.0. The van der Waals surface area contributed by atoms with Gasteiger partial charge in [-0.2, -0.15) is 0 Å². The van der Waals surface area contributed by atoms with Gasteiger partial charge in [0, 0.05) is 12.2 Å². The average molecular weight is 298 g/mol. The van der Waals surface area contributed by atoms with E-state index in [4.69, 9.17) is 9.88 Å². The van der Waals surface area contributed by atoms with E-state index in [1.165, 1.54) is 24.3 Å². The Morgan fingerprint density at radius 3 is 2.55 bits per heavy atom. The molecule has 2 atom stereocenters. The first-order valence-electron chi connectivity index (χ1n) is 6.43. The van der Waals surface area contributed by atoms with E-state index in [9.17, 15) is 13.2 Å². The van der Waals surface area contributed by atoms with Crippen molar-refractivity contribution >= 4 is 15.9 Å². The number of ether oxygens (including phenoxy) is 1. The number of nitrogens with two attached hydrogens (primary N) is 1. The molecule has 0 radical (unpaired) electrons. The Morgan fingerprint density at radius 2 is 2.05 bits per heavy atom. The standard InChI is InChI=1S/C13H18N2O4S/c1-9(12-3-2-8-19-12)15-13(16)10-4-6-11(7-5-10)20(14,17)18/h4-7,9,12H,2-3,8H2,1H3,(H,15,16)(H2,14,17,18). The van der Waals surface area contributed by atoms with Crippen LogP contribution in [0.25, 0.3) is 0 Å². The second-order valence-electron chi connectivity index (χ2n) is 4.88. The van der Waals surface area contributed by atoms with Gasteiger partial charge in [0.05, 0.1) is 17.0 Å². The quantitative estimate of drug-likeness (QED) is 0.851. The molecular weight excluding hydrogens is 280 g/mol. The Morgan fingerprint density at radius 1 is 1.40 bits per heavy atom. The lowest BCUT2D eigenvalue weighted by atomic mass is 10.1. The number of hydrogen-bond donors (Lipinski definition) is 2. The molecule has 1 fully saturated rings. The highest BCUT2D eigenvalue weighted by atomic mass is 32.2. The Bertz CT molecular complexity index is 577. The molecular formula is C13H18N2O4S. The van der Waals surface area contributed by atoms with Crippen molar-refractivity contribution in [1.29, 1.82) is 0 Å². The fraction of sp³-hybridized carbons (Fsp3) is 0.462. The molecule has 1 aromatic carbocycles. The summed E-state index contributed by atoms with van der Waals surface area (Å²) in [4.78, 5) is 12.0. The molecule has 0 bridgehead atoms. The topological polar surface area (TPSA) is 98.5 Å². The summed E-state index contributed by atoms with van der Waals surface area (Å²) in [5, 5.41) is 7.85. The molecule has 1 aliphatic rings. The summed E-state index contributed by atoms with van der Waals surface area (Å²) < 4.78 is 27.8. The predicted molar refractivity (Wildman–Crippen MR) is 73.7 cm³/mol. The molecule has 1 aromatic rings. The summed E-state index contributed by atoms with van der Waals surface area (Å²) in [6, 6.07) is 5.44. The van der Waals surface area contributed by atoms with E-state index in [1.54, 1.807) is 0 Å². The van der Waals surface area contributed by atoms with Crippen LogP contribution >= 0.6 is 0 Å². The van der Waals surface area contributed by atoms with E-state index in [-0.39, 0.29) is 22.9 Å². The van der Waals surface area contributed by atoms with Gasteiger partial charge < -0.3 is 10.1 Å². The minimum atomic E-state index is -3.73. The van der Waals surface area contributed by atoms with Crippen molar-refractivity contribution in [2.75, 3.05) is 6.61 Å². The van der Waals surface area contributed by atoms with Crippen molar-refractivity contribution in [2.45, 2.75) is 36.8 Å². The first-order valence-corrected chi connectivity index (χ1v) is 7.98. The molecule has 2 unspecified atom stereocenters. The van der Waals surface area contributed by atoms with Gasteiger partial charge in [-0.25, -0.2) is 13.6 Å². The third kappa shape index (κ3) is 3.56. The predicted octanol–water partition coefficient (Wildman–Crippen LogP) is 0.631. The molecule has 6 nitrogen and oxygen atoms in total. The van der Waals surface area contributed by atoms with Crippen LogP contribution in [-0.4, -0.2) is 33.1 Å². The van der Waals surface area contributed by atoms with Crippen LogP contribution in [0, 0.1) is 0 Å². The highest BCUT2D eigenvalue weighted by molar-refractivity contribution is 7.89. The second-order valence-corrected chi connectivity index (χ2v) is 6.44. The van der Waals surface area contributed by atoms with Crippen molar-refractivity contribution in [3.05, 3.63) is 29.8 Å². The molecule has 7 heteroatoms. The Kier molecular flexibility index (Phi) is 4.42. The van der Waals surface area contributed by atoms with Crippen LogP contribution in [0.15, 0.2) is 29.2 Å². The number of carbonyl (C=O) groups excluding carboxylic acids is 1. The van der Waals surface area contributed by atoms with Crippen LogP contribution in [-0.2, 0) is 14.8 Å². The molecule has 1 heterocycles. The number of sulfonamides is 1. The second kappa shape index (κ2) is 5.90. The summed E-state index contributed by atoms with van der Waals surface area (Å²) in [5.74, 6) is -0.256. The van der Waals surface area contributed by atoms with Crippen LogP contribution in [0.3, 0.4) is 0 Å². The zero-order chi connectivity index (χ0) is 14.8. The molecule has 3 N–H and O–H groups in total. The maximum Gasteiger partial charge on any atom is 0.251 e. The lowest BCUT2D eigenvalue weighted by molar-refractivity contribution is 0.0712. The SMILES string of the molecule is CC(NC(=O)c1ccc(S(N)(=O)=O)cc1)C1CCCO1. The molecule has 0 aromatic heterocycles. The van der Waals surface area contributed by atoms with E-state index < -0.39 is 10.0 Å². The van der Waals surface area contributed by atoms with Crippen LogP contribution in [0.2, 0.25) is 0 Å². The molecule has 1 saturated heterocycles. The third-order valence-corrected chi connectivity index (χ3v) is 4.26. The van der Waals surface area contributed by atoms with Crippen LogP contribution in [0.5, 0.6) is 0 Å². The van der Waals surface area contributed by atoms with Crippen molar-refractivity contribution in [1.82, 2.24) is 5.32 Å². The van der Waals surface area contributed by atoms with E-state index in [2.05, 4.69) is 5.32 Å². The number of amides is 1. The zero-order valence-electron chi connectivity index (χ0n) is 11.2. The number of rotatable bonds is 4. The first kappa shape index (κ1) is 15.0. The lowest BCUT2D eigenvalue weighted by Crippen LogP contribution is -2.40. The van der Waals surface area contributed by atoms with Gasteiger partial charge in [-0.3, -0.25) is 4.79 Å². The molecule has 1 aliphatic heterocycles. The van der Waals surface area contributed by atoms with Gasteiger partial charge in [0.15, 0.2) is 0 Å². The minimum Gasteiger partial charge on any atom is -0.376 e. The summed E-state index contributed by atoms with van der Waals surface area (Å²) in [6.45, 7) is 2.63. The lowest BCUT2D eigenvalue weighted by Gasteiger charge is -2.20. The maximum absolute atomic E-state index is 12.0. The van der Waals surface area contributed by atoms with Crippen molar-refractivity contribution in [2.24, 2.45) is 5.14 Å². The third-order valence-electron chi connectivity index (χ3n) is 3.33. The summed E-state index contributed by atoms with van der Waals surface area (Å²) in [6.07, 6.45) is 1.99. The van der Waals surface area contributed by atoms with Gasteiger partial charge in [-0.1, -0.05) is 0 Å². The molecule has 0 spiro atoms. The van der Waals surface area contributed by atoms with Gasteiger partial charge in [0.1, 0.15) is 0 Å². The number of nitrogens with one attached hydrogen (secondary N) is 1. The molecule has 1 amide bonds. The smallest absolute Gasteiger partial charge is 0.251 e. The molecule has 20 heavy (non-hydrogen) atoms. The highest BCUT2D eigenvalue weighted by Gasteiger charge is 2.24. The number of carbonyl (C=O) groups is 1. The normalized spacial score (nSPS) is 20.6. The average Bonchev–Trinajstić information content (AvgIpc) is 2.91.